The van der Waals surface area contributed by atoms with Crippen molar-refractivity contribution in [3.05, 3.63) is 89.2 Å². The fraction of sp³-hybridized carbons (Fsp3) is 0.136. The van der Waals surface area contributed by atoms with Crippen LogP contribution in [0.1, 0.15) is 41.3 Å². The molecular formula is C22H22N4O2. The average Bonchev–Trinajstić information content (AvgIpc) is 3.21. The number of hydrogen-bond acceptors (Lipinski definition) is 3. The molecule has 2 amide bonds. The van der Waals surface area contributed by atoms with Crippen LogP contribution in [-0.2, 0) is 4.79 Å². The highest BCUT2D eigenvalue weighted by atomic mass is 16.2. The Labute approximate surface area is 163 Å². The molecule has 2 aromatic carbocycles. The van der Waals surface area contributed by atoms with Gasteiger partial charge in [-0.1, -0.05) is 56.3 Å². The van der Waals surface area contributed by atoms with E-state index in [1.165, 1.54) is 11.8 Å². The number of amides is 2. The van der Waals surface area contributed by atoms with Crippen molar-refractivity contribution in [3.8, 4) is 0 Å². The SMILES string of the molecule is CC(C)c1ccc(/C=C(/NC(=O)c2ccccc2)C(=O)Nc2ccn[nH]2)cc1. The second-order valence-corrected chi connectivity index (χ2v) is 6.62. The summed E-state index contributed by atoms with van der Waals surface area (Å²) in [6.45, 7) is 4.24. The summed E-state index contributed by atoms with van der Waals surface area (Å²) >= 11 is 0. The van der Waals surface area contributed by atoms with Crippen LogP contribution in [0.3, 0.4) is 0 Å². The summed E-state index contributed by atoms with van der Waals surface area (Å²) in [5.74, 6) is 0.0610. The Morgan fingerprint density at radius 2 is 1.71 bits per heavy atom. The lowest BCUT2D eigenvalue weighted by Crippen LogP contribution is -2.30. The molecule has 1 aromatic heterocycles. The summed E-state index contributed by atoms with van der Waals surface area (Å²) in [5.41, 5.74) is 2.63. The van der Waals surface area contributed by atoms with Crippen LogP contribution in [0.4, 0.5) is 5.82 Å². The number of benzene rings is 2. The molecule has 0 aliphatic rings. The van der Waals surface area contributed by atoms with Crippen molar-refractivity contribution in [2.45, 2.75) is 19.8 Å². The molecule has 0 fully saturated rings. The lowest BCUT2D eigenvalue weighted by Gasteiger charge is -2.11. The van der Waals surface area contributed by atoms with Gasteiger partial charge in [-0.05, 0) is 35.3 Å². The predicted octanol–water partition coefficient (Wildman–Crippen LogP) is 3.94. The fourth-order valence-electron chi connectivity index (χ4n) is 2.60. The zero-order chi connectivity index (χ0) is 19.9. The van der Waals surface area contributed by atoms with Gasteiger partial charge >= 0.3 is 0 Å². The summed E-state index contributed by atoms with van der Waals surface area (Å²) in [4.78, 5) is 25.3. The van der Waals surface area contributed by atoms with Gasteiger partial charge in [0.1, 0.15) is 11.5 Å². The summed E-state index contributed by atoms with van der Waals surface area (Å²) in [5, 5.41) is 11.9. The number of H-pyrrole nitrogens is 1. The van der Waals surface area contributed by atoms with Gasteiger partial charge in [0.2, 0.25) is 0 Å². The van der Waals surface area contributed by atoms with Crippen molar-refractivity contribution >= 4 is 23.7 Å². The third kappa shape index (κ3) is 4.94. The van der Waals surface area contributed by atoms with Gasteiger partial charge in [-0.15, -0.1) is 0 Å². The van der Waals surface area contributed by atoms with Gasteiger partial charge in [0.25, 0.3) is 11.8 Å². The molecule has 142 valence electrons. The Balaban J connectivity index is 1.86. The average molecular weight is 374 g/mol. The highest BCUT2D eigenvalue weighted by Gasteiger charge is 2.15. The minimum Gasteiger partial charge on any atom is -0.317 e. The van der Waals surface area contributed by atoms with Gasteiger partial charge in [-0.25, -0.2) is 0 Å². The molecule has 6 heteroatoms. The third-order valence-corrected chi connectivity index (χ3v) is 4.19. The van der Waals surface area contributed by atoms with Crippen LogP contribution in [0.2, 0.25) is 0 Å². The number of aromatic nitrogens is 2. The van der Waals surface area contributed by atoms with Crippen LogP contribution in [-0.4, -0.2) is 22.0 Å². The molecule has 0 spiro atoms. The van der Waals surface area contributed by atoms with E-state index in [4.69, 9.17) is 0 Å². The highest BCUT2D eigenvalue weighted by Crippen LogP contribution is 2.16. The van der Waals surface area contributed by atoms with E-state index >= 15 is 0 Å². The molecule has 0 saturated carbocycles. The van der Waals surface area contributed by atoms with E-state index in [-0.39, 0.29) is 11.6 Å². The molecule has 3 N–H and O–H groups in total. The molecule has 0 bridgehead atoms. The Morgan fingerprint density at radius 3 is 2.32 bits per heavy atom. The maximum Gasteiger partial charge on any atom is 0.273 e. The van der Waals surface area contributed by atoms with Gasteiger partial charge in [0, 0.05) is 11.6 Å². The van der Waals surface area contributed by atoms with Crippen LogP contribution < -0.4 is 10.6 Å². The van der Waals surface area contributed by atoms with Crippen LogP contribution in [0.15, 0.2) is 72.6 Å². The number of hydrogen-bond donors (Lipinski definition) is 3. The molecule has 0 atom stereocenters. The predicted molar refractivity (Wildman–Crippen MR) is 110 cm³/mol. The van der Waals surface area contributed by atoms with E-state index in [0.717, 1.165) is 5.56 Å². The molecule has 3 aromatic rings. The van der Waals surface area contributed by atoms with E-state index in [9.17, 15) is 9.59 Å². The molecular weight excluding hydrogens is 352 g/mol. The summed E-state index contributed by atoms with van der Waals surface area (Å²) in [6.07, 6.45) is 3.18. The van der Waals surface area contributed by atoms with Gasteiger partial charge in [-0.3, -0.25) is 14.7 Å². The number of rotatable bonds is 6. The van der Waals surface area contributed by atoms with E-state index in [1.807, 2.05) is 30.3 Å². The van der Waals surface area contributed by atoms with Gasteiger partial charge in [-0.2, -0.15) is 5.10 Å². The van der Waals surface area contributed by atoms with Crippen molar-refractivity contribution in [3.63, 3.8) is 0 Å². The molecule has 6 nitrogen and oxygen atoms in total. The van der Waals surface area contributed by atoms with E-state index in [2.05, 4.69) is 34.7 Å². The first-order valence-corrected chi connectivity index (χ1v) is 9.01. The molecule has 0 unspecified atom stereocenters. The number of aromatic amines is 1. The normalized spacial score (nSPS) is 11.3. The quantitative estimate of drug-likeness (QED) is 0.571. The van der Waals surface area contributed by atoms with Gasteiger partial charge in [0.15, 0.2) is 0 Å². The van der Waals surface area contributed by atoms with Crippen molar-refractivity contribution in [1.29, 1.82) is 0 Å². The minimum atomic E-state index is -0.443. The van der Waals surface area contributed by atoms with Crippen molar-refractivity contribution in [1.82, 2.24) is 15.5 Å². The zero-order valence-corrected chi connectivity index (χ0v) is 15.8. The second-order valence-electron chi connectivity index (χ2n) is 6.62. The number of anilines is 1. The second kappa shape index (κ2) is 8.81. The first kappa shape index (κ1) is 19.1. The molecule has 3 rings (SSSR count). The van der Waals surface area contributed by atoms with Crippen LogP contribution in [0, 0.1) is 0 Å². The first-order valence-electron chi connectivity index (χ1n) is 9.01. The smallest absolute Gasteiger partial charge is 0.273 e. The van der Waals surface area contributed by atoms with E-state index < -0.39 is 5.91 Å². The minimum absolute atomic E-state index is 0.140. The van der Waals surface area contributed by atoms with Crippen LogP contribution in [0.25, 0.3) is 6.08 Å². The number of carbonyl (C=O) groups excluding carboxylic acids is 2. The number of carbonyl (C=O) groups is 2. The molecule has 28 heavy (non-hydrogen) atoms. The summed E-state index contributed by atoms with van der Waals surface area (Å²) in [6, 6.07) is 18.3. The Kier molecular flexibility index (Phi) is 6.01. The Bertz CT molecular complexity index is 960. The number of nitrogens with one attached hydrogen (secondary N) is 3. The third-order valence-electron chi connectivity index (χ3n) is 4.19. The summed E-state index contributed by atoms with van der Waals surface area (Å²) < 4.78 is 0. The lowest BCUT2D eigenvalue weighted by molar-refractivity contribution is -0.113. The van der Waals surface area contributed by atoms with Gasteiger partial charge in [0.05, 0.1) is 6.20 Å². The van der Waals surface area contributed by atoms with Crippen LogP contribution >= 0.6 is 0 Å². The molecule has 1 heterocycles. The van der Waals surface area contributed by atoms with Gasteiger partial charge < -0.3 is 10.6 Å². The maximum absolute atomic E-state index is 12.7. The molecule has 0 radical (unpaired) electrons. The Hall–Kier alpha value is -3.67. The first-order chi connectivity index (χ1) is 13.5. The molecule has 0 aliphatic heterocycles. The van der Waals surface area contributed by atoms with Crippen molar-refractivity contribution in [2.24, 2.45) is 0 Å². The topological polar surface area (TPSA) is 86.9 Å². The fourth-order valence-corrected chi connectivity index (χ4v) is 2.60. The zero-order valence-electron chi connectivity index (χ0n) is 15.8. The molecule has 0 aliphatic carbocycles. The summed E-state index contributed by atoms with van der Waals surface area (Å²) in [7, 11) is 0. The largest absolute Gasteiger partial charge is 0.317 e. The highest BCUT2D eigenvalue weighted by molar-refractivity contribution is 6.10. The van der Waals surface area contributed by atoms with Crippen molar-refractivity contribution in [2.75, 3.05) is 5.32 Å². The molecule has 0 saturated heterocycles. The van der Waals surface area contributed by atoms with E-state index in [0.29, 0.717) is 17.3 Å². The lowest BCUT2D eigenvalue weighted by atomic mass is 10.0. The maximum atomic E-state index is 12.7. The van der Waals surface area contributed by atoms with Crippen LogP contribution in [0.5, 0.6) is 0 Å². The van der Waals surface area contributed by atoms with E-state index in [1.54, 1.807) is 36.4 Å². The van der Waals surface area contributed by atoms with Crippen molar-refractivity contribution < 1.29 is 9.59 Å². The number of nitrogens with zero attached hydrogens (tertiary/aromatic N) is 1. The Morgan fingerprint density at radius 1 is 1.00 bits per heavy atom. The standard InChI is InChI=1S/C22H22N4O2/c1-15(2)17-10-8-16(9-11-17)14-19(22(28)25-20-12-13-23-26-20)24-21(27)18-6-4-3-5-7-18/h3-15H,1-2H3,(H,24,27)(H2,23,25,26,28)/b19-14+. The monoisotopic (exact) mass is 374 g/mol.